The van der Waals surface area contributed by atoms with Crippen LogP contribution in [0, 0.1) is 12.8 Å². The highest BCUT2D eigenvalue weighted by Crippen LogP contribution is 2.35. The zero-order valence-corrected chi connectivity index (χ0v) is 13.8. The number of fused-ring (bicyclic) bond motifs is 1. The summed E-state index contributed by atoms with van der Waals surface area (Å²) in [7, 11) is 0. The monoisotopic (exact) mass is 321 g/mol. The minimum absolute atomic E-state index is 0.126. The minimum atomic E-state index is 0.126. The molecule has 6 heteroatoms. The first-order valence-electron chi connectivity index (χ1n) is 8.23. The van der Waals surface area contributed by atoms with Crippen LogP contribution in [0.15, 0.2) is 5.51 Å². The quantitative estimate of drug-likeness (QED) is 0.897. The molecule has 0 bridgehead atoms. The number of carbonyl (C=O) groups is 1. The maximum absolute atomic E-state index is 11.9. The molecule has 3 atom stereocenters. The second kappa shape index (κ2) is 5.91. The number of hydrogen-bond donors (Lipinski definition) is 1. The molecule has 0 radical (unpaired) electrons. The molecule has 0 aromatic carbocycles. The Balaban J connectivity index is 1.25. The molecular formula is C16H23N3O2S. The summed E-state index contributed by atoms with van der Waals surface area (Å²) < 4.78 is 6.12. The summed E-state index contributed by atoms with van der Waals surface area (Å²) in [5.74, 6) is 0.761. The van der Waals surface area contributed by atoms with E-state index in [2.05, 4.69) is 22.1 Å². The molecule has 1 amide bonds. The molecule has 3 heterocycles. The smallest absolute Gasteiger partial charge is 0.222 e. The Hall–Kier alpha value is -0.980. The predicted molar refractivity (Wildman–Crippen MR) is 84.7 cm³/mol. The highest BCUT2D eigenvalue weighted by Gasteiger charge is 2.42. The number of aryl methyl sites for hydroxylation is 1. The van der Waals surface area contributed by atoms with Crippen molar-refractivity contribution in [3.05, 3.63) is 16.1 Å². The summed E-state index contributed by atoms with van der Waals surface area (Å²) in [4.78, 5) is 20.0. The fraction of sp³-hybridized carbons (Fsp3) is 0.750. The fourth-order valence-electron chi connectivity index (χ4n) is 3.61. The van der Waals surface area contributed by atoms with Gasteiger partial charge in [0.1, 0.15) is 0 Å². The molecule has 1 aromatic rings. The SMILES string of the molecule is Cc1ncsc1CN1C[C@@H]2C[C@@H](CC(=O)NC3CC3)O[C@@H]2C1. The third-order valence-electron chi connectivity index (χ3n) is 4.96. The van der Waals surface area contributed by atoms with Gasteiger partial charge in [0.15, 0.2) is 0 Å². The highest BCUT2D eigenvalue weighted by atomic mass is 32.1. The molecule has 1 N–H and O–H groups in total. The van der Waals surface area contributed by atoms with E-state index >= 15 is 0 Å². The molecule has 5 nitrogen and oxygen atoms in total. The standard InChI is InChI=1S/C16H23N3O2S/c1-10-15(22-9-17-10)8-19-6-11-4-13(21-14(11)7-19)5-16(20)18-12-2-3-12/h9,11-14H,2-8H2,1H3,(H,18,20)/t11-,13-,14+/m0/s1. The lowest BCUT2D eigenvalue weighted by atomic mass is 10.0. The molecule has 0 unspecified atom stereocenters. The van der Waals surface area contributed by atoms with E-state index in [-0.39, 0.29) is 12.0 Å². The molecule has 3 aliphatic rings. The van der Waals surface area contributed by atoms with Gasteiger partial charge in [0, 0.05) is 36.5 Å². The number of carbonyl (C=O) groups excluding carboxylic acids is 1. The maximum Gasteiger partial charge on any atom is 0.222 e. The number of nitrogens with zero attached hydrogens (tertiary/aromatic N) is 2. The van der Waals surface area contributed by atoms with Crippen LogP contribution in [-0.2, 0) is 16.1 Å². The van der Waals surface area contributed by atoms with Crippen LogP contribution in [0.2, 0.25) is 0 Å². The van der Waals surface area contributed by atoms with Gasteiger partial charge < -0.3 is 10.1 Å². The Labute approximate surface area is 135 Å². The van der Waals surface area contributed by atoms with Gasteiger partial charge in [-0.05, 0) is 26.2 Å². The van der Waals surface area contributed by atoms with Crippen molar-refractivity contribution >= 4 is 17.2 Å². The molecular weight excluding hydrogens is 298 g/mol. The van der Waals surface area contributed by atoms with E-state index in [1.807, 2.05) is 5.51 Å². The van der Waals surface area contributed by atoms with Crippen LogP contribution >= 0.6 is 11.3 Å². The van der Waals surface area contributed by atoms with Gasteiger partial charge in [-0.1, -0.05) is 0 Å². The van der Waals surface area contributed by atoms with E-state index in [0.29, 0.717) is 24.5 Å². The van der Waals surface area contributed by atoms with Crippen LogP contribution in [0.5, 0.6) is 0 Å². The summed E-state index contributed by atoms with van der Waals surface area (Å²) in [6, 6.07) is 0.450. The second-order valence-electron chi connectivity index (χ2n) is 6.89. The number of thiazole rings is 1. The van der Waals surface area contributed by atoms with E-state index in [1.54, 1.807) is 11.3 Å². The number of hydrogen-bond acceptors (Lipinski definition) is 5. The average molecular weight is 321 g/mol. The number of rotatable bonds is 5. The fourth-order valence-corrected chi connectivity index (χ4v) is 4.43. The minimum Gasteiger partial charge on any atom is -0.373 e. The van der Waals surface area contributed by atoms with Crippen LogP contribution in [0.1, 0.15) is 36.3 Å². The van der Waals surface area contributed by atoms with Crippen molar-refractivity contribution in [2.75, 3.05) is 13.1 Å². The van der Waals surface area contributed by atoms with Crippen molar-refractivity contribution in [3.8, 4) is 0 Å². The van der Waals surface area contributed by atoms with Crippen LogP contribution in [0.3, 0.4) is 0 Å². The van der Waals surface area contributed by atoms with E-state index in [4.69, 9.17) is 4.74 Å². The van der Waals surface area contributed by atoms with E-state index in [0.717, 1.165) is 44.6 Å². The highest BCUT2D eigenvalue weighted by molar-refractivity contribution is 7.09. The van der Waals surface area contributed by atoms with Crippen LogP contribution in [-0.4, -0.2) is 47.1 Å². The zero-order chi connectivity index (χ0) is 15.1. The van der Waals surface area contributed by atoms with Crippen molar-refractivity contribution in [3.63, 3.8) is 0 Å². The zero-order valence-electron chi connectivity index (χ0n) is 13.0. The number of amides is 1. The van der Waals surface area contributed by atoms with Crippen LogP contribution in [0.4, 0.5) is 0 Å². The second-order valence-corrected chi connectivity index (χ2v) is 7.83. The molecule has 1 saturated carbocycles. The molecule has 3 fully saturated rings. The van der Waals surface area contributed by atoms with Gasteiger partial charge in [-0.15, -0.1) is 11.3 Å². The van der Waals surface area contributed by atoms with Gasteiger partial charge in [0.05, 0.1) is 29.8 Å². The molecule has 2 aliphatic heterocycles. The van der Waals surface area contributed by atoms with Crippen molar-refractivity contribution in [1.82, 2.24) is 15.2 Å². The first-order chi connectivity index (χ1) is 10.7. The Morgan fingerprint density at radius 1 is 1.50 bits per heavy atom. The molecule has 4 rings (SSSR count). The van der Waals surface area contributed by atoms with Gasteiger partial charge in [-0.2, -0.15) is 0 Å². The maximum atomic E-state index is 11.9. The molecule has 120 valence electrons. The number of likely N-dealkylation sites (tertiary alicyclic amines) is 1. The van der Waals surface area contributed by atoms with Gasteiger partial charge >= 0.3 is 0 Å². The number of ether oxygens (including phenoxy) is 1. The van der Waals surface area contributed by atoms with E-state index in [9.17, 15) is 4.79 Å². The Kier molecular flexibility index (Phi) is 3.92. The third-order valence-corrected chi connectivity index (χ3v) is 5.88. The molecule has 22 heavy (non-hydrogen) atoms. The Morgan fingerprint density at radius 2 is 2.36 bits per heavy atom. The molecule has 0 spiro atoms. The summed E-state index contributed by atoms with van der Waals surface area (Å²) >= 11 is 1.74. The normalized spacial score (nSPS) is 31.4. The van der Waals surface area contributed by atoms with Crippen molar-refractivity contribution in [2.45, 2.75) is 57.4 Å². The topological polar surface area (TPSA) is 54.5 Å². The molecule has 2 saturated heterocycles. The number of nitrogens with one attached hydrogen (secondary N) is 1. The average Bonchev–Trinajstić information content (AvgIpc) is 2.87. The van der Waals surface area contributed by atoms with E-state index < -0.39 is 0 Å². The van der Waals surface area contributed by atoms with Crippen molar-refractivity contribution < 1.29 is 9.53 Å². The summed E-state index contributed by atoms with van der Waals surface area (Å²) in [6.07, 6.45) is 4.30. The predicted octanol–water partition coefficient (Wildman–Crippen LogP) is 1.71. The van der Waals surface area contributed by atoms with Gasteiger partial charge in [-0.3, -0.25) is 9.69 Å². The summed E-state index contributed by atoms with van der Waals surface area (Å²) in [6.45, 7) is 5.14. The first-order valence-corrected chi connectivity index (χ1v) is 9.11. The van der Waals surface area contributed by atoms with Crippen LogP contribution < -0.4 is 5.32 Å². The van der Waals surface area contributed by atoms with Gasteiger partial charge in [0.2, 0.25) is 5.91 Å². The first kappa shape index (κ1) is 14.6. The van der Waals surface area contributed by atoms with Gasteiger partial charge in [0.25, 0.3) is 0 Å². The van der Waals surface area contributed by atoms with E-state index in [1.165, 1.54) is 4.88 Å². The third kappa shape index (κ3) is 3.19. The summed E-state index contributed by atoms with van der Waals surface area (Å²) in [5.41, 5.74) is 3.07. The lowest BCUT2D eigenvalue weighted by Crippen LogP contribution is -2.30. The largest absolute Gasteiger partial charge is 0.373 e. The lowest BCUT2D eigenvalue weighted by Gasteiger charge is -2.18. The van der Waals surface area contributed by atoms with Gasteiger partial charge in [-0.25, -0.2) is 4.98 Å². The van der Waals surface area contributed by atoms with Crippen molar-refractivity contribution in [1.29, 1.82) is 0 Å². The Bertz CT molecular complexity index is 543. The lowest BCUT2D eigenvalue weighted by molar-refractivity contribution is -0.123. The molecule has 1 aliphatic carbocycles. The van der Waals surface area contributed by atoms with Crippen molar-refractivity contribution in [2.24, 2.45) is 5.92 Å². The number of aromatic nitrogens is 1. The summed E-state index contributed by atoms with van der Waals surface area (Å²) in [5, 5.41) is 3.06. The molecule has 1 aromatic heterocycles. The Morgan fingerprint density at radius 3 is 3.05 bits per heavy atom. The van der Waals surface area contributed by atoms with Crippen LogP contribution in [0.25, 0.3) is 0 Å².